The molecule has 1 aliphatic rings. The van der Waals surface area contributed by atoms with Crippen LogP contribution < -0.4 is 16.2 Å². The molecule has 31 heavy (non-hydrogen) atoms. The van der Waals surface area contributed by atoms with E-state index in [1.165, 1.54) is 10.6 Å². The van der Waals surface area contributed by atoms with Crippen molar-refractivity contribution in [1.29, 1.82) is 0 Å². The van der Waals surface area contributed by atoms with Gasteiger partial charge in [0.05, 0.1) is 13.2 Å². The van der Waals surface area contributed by atoms with Gasteiger partial charge in [0.2, 0.25) is 5.91 Å². The number of ether oxygens (including phenoxy) is 1. The SMILES string of the molecule is C=CC(=O)Nc1cc(Nc2nc(Br)cn(C)c2=O)ccc1C(C)(C)CN1CCOCC1. The van der Waals surface area contributed by atoms with Gasteiger partial charge in [-0.25, -0.2) is 4.98 Å². The summed E-state index contributed by atoms with van der Waals surface area (Å²) in [5, 5.41) is 5.98. The third-order valence-corrected chi connectivity index (χ3v) is 5.60. The lowest BCUT2D eigenvalue weighted by molar-refractivity contribution is -0.111. The molecular formula is C22H28BrN5O3. The minimum atomic E-state index is -0.294. The van der Waals surface area contributed by atoms with Gasteiger partial charge in [-0.05, 0) is 39.7 Å². The summed E-state index contributed by atoms with van der Waals surface area (Å²) in [5.41, 5.74) is 1.82. The Morgan fingerprint density at radius 1 is 1.35 bits per heavy atom. The number of benzene rings is 1. The number of amides is 1. The first-order chi connectivity index (χ1) is 14.7. The highest BCUT2D eigenvalue weighted by atomic mass is 79.9. The standard InChI is InChI=1S/C22H28BrN5O3/c1-5-19(29)25-17-12-15(24-20-21(30)27(4)13-18(23)26-20)6-7-16(17)22(2,3)14-28-8-10-31-11-9-28/h5-7,12-13H,1,8-11,14H2,2-4H3,(H,24,26)(H,25,29). The van der Waals surface area contributed by atoms with Gasteiger partial charge in [-0.15, -0.1) is 0 Å². The third kappa shape index (κ3) is 5.81. The van der Waals surface area contributed by atoms with Crippen LogP contribution in [0, 0.1) is 0 Å². The van der Waals surface area contributed by atoms with E-state index in [-0.39, 0.29) is 22.7 Å². The first-order valence-electron chi connectivity index (χ1n) is 10.1. The van der Waals surface area contributed by atoms with Crippen molar-refractivity contribution >= 4 is 39.0 Å². The van der Waals surface area contributed by atoms with Crippen molar-refractivity contribution in [2.24, 2.45) is 7.05 Å². The molecule has 1 aromatic carbocycles. The summed E-state index contributed by atoms with van der Waals surface area (Å²) in [6.07, 6.45) is 2.84. The molecule has 9 heteroatoms. The predicted octanol–water partition coefficient (Wildman–Crippen LogP) is 3.02. The van der Waals surface area contributed by atoms with Crippen molar-refractivity contribution < 1.29 is 9.53 Å². The molecule has 2 N–H and O–H groups in total. The number of morpholine rings is 1. The lowest BCUT2D eigenvalue weighted by Gasteiger charge is -2.36. The number of carbonyl (C=O) groups excluding carboxylic acids is 1. The first kappa shape index (κ1) is 23.2. The van der Waals surface area contributed by atoms with Crippen LogP contribution in [0.3, 0.4) is 0 Å². The van der Waals surface area contributed by atoms with Gasteiger partial charge in [0.1, 0.15) is 4.60 Å². The zero-order valence-electron chi connectivity index (χ0n) is 18.1. The van der Waals surface area contributed by atoms with E-state index in [0.717, 1.165) is 38.4 Å². The summed E-state index contributed by atoms with van der Waals surface area (Å²) in [6.45, 7) is 11.9. The second-order valence-corrected chi connectivity index (χ2v) is 8.99. The molecule has 1 amide bonds. The Morgan fingerprint density at radius 3 is 2.74 bits per heavy atom. The molecule has 166 valence electrons. The van der Waals surface area contributed by atoms with Gasteiger partial charge in [0.15, 0.2) is 5.82 Å². The fourth-order valence-corrected chi connectivity index (χ4v) is 4.17. The van der Waals surface area contributed by atoms with Crippen LogP contribution in [0.5, 0.6) is 0 Å². The predicted molar refractivity (Wildman–Crippen MR) is 126 cm³/mol. The number of aromatic nitrogens is 2. The van der Waals surface area contributed by atoms with Crippen LogP contribution in [0.4, 0.5) is 17.2 Å². The summed E-state index contributed by atoms with van der Waals surface area (Å²) >= 11 is 3.31. The maximum absolute atomic E-state index is 12.4. The number of nitrogens with zero attached hydrogens (tertiary/aromatic N) is 3. The van der Waals surface area contributed by atoms with Crippen molar-refractivity contribution in [2.45, 2.75) is 19.3 Å². The second-order valence-electron chi connectivity index (χ2n) is 8.18. The molecule has 8 nitrogen and oxygen atoms in total. The Hall–Kier alpha value is -2.49. The van der Waals surface area contributed by atoms with E-state index in [1.807, 2.05) is 18.2 Å². The number of carbonyl (C=O) groups is 1. The van der Waals surface area contributed by atoms with E-state index in [1.54, 1.807) is 13.2 Å². The highest BCUT2D eigenvalue weighted by molar-refractivity contribution is 9.10. The molecule has 2 heterocycles. The fraction of sp³-hybridized carbons (Fsp3) is 0.409. The van der Waals surface area contributed by atoms with Crippen LogP contribution in [-0.4, -0.2) is 53.2 Å². The van der Waals surface area contributed by atoms with Crippen LogP contribution in [0.1, 0.15) is 19.4 Å². The summed E-state index contributed by atoms with van der Waals surface area (Å²) in [6, 6.07) is 5.69. The largest absolute Gasteiger partial charge is 0.379 e. The van der Waals surface area contributed by atoms with Crippen LogP contribution >= 0.6 is 15.9 Å². The van der Waals surface area contributed by atoms with E-state index in [4.69, 9.17) is 4.74 Å². The van der Waals surface area contributed by atoms with Crippen molar-refractivity contribution in [1.82, 2.24) is 14.5 Å². The molecule has 1 fully saturated rings. The summed E-state index contributed by atoms with van der Waals surface area (Å²) in [7, 11) is 1.66. The van der Waals surface area contributed by atoms with E-state index in [9.17, 15) is 9.59 Å². The molecule has 1 aromatic heterocycles. The molecule has 0 saturated carbocycles. The monoisotopic (exact) mass is 489 g/mol. The smallest absolute Gasteiger partial charge is 0.293 e. The molecule has 0 aliphatic carbocycles. The topological polar surface area (TPSA) is 88.5 Å². The van der Waals surface area contributed by atoms with Crippen molar-refractivity contribution in [3.8, 4) is 0 Å². The first-order valence-corrected chi connectivity index (χ1v) is 10.9. The Morgan fingerprint density at radius 2 is 2.06 bits per heavy atom. The quantitative estimate of drug-likeness (QED) is 0.581. The normalized spacial score (nSPS) is 14.8. The minimum Gasteiger partial charge on any atom is -0.379 e. The maximum atomic E-state index is 12.4. The average Bonchev–Trinajstić information content (AvgIpc) is 2.72. The number of anilines is 3. The number of nitrogens with one attached hydrogen (secondary N) is 2. The van der Waals surface area contributed by atoms with Crippen molar-refractivity contribution in [2.75, 3.05) is 43.5 Å². The number of rotatable bonds is 7. The van der Waals surface area contributed by atoms with Gasteiger partial charge < -0.3 is 19.9 Å². The number of aryl methyl sites for hydroxylation is 1. The molecule has 0 atom stereocenters. The van der Waals surface area contributed by atoms with E-state index < -0.39 is 0 Å². The maximum Gasteiger partial charge on any atom is 0.293 e. The van der Waals surface area contributed by atoms with Gasteiger partial charge in [-0.3, -0.25) is 14.5 Å². The zero-order chi connectivity index (χ0) is 22.6. The van der Waals surface area contributed by atoms with E-state index >= 15 is 0 Å². The summed E-state index contributed by atoms with van der Waals surface area (Å²) in [4.78, 5) is 31.1. The van der Waals surface area contributed by atoms with Crippen LogP contribution in [0.25, 0.3) is 0 Å². The highest BCUT2D eigenvalue weighted by Gasteiger charge is 2.28. The average molecular weight is 490 g/mol. The Balaban J connectivity index is 1.94. The van der Waals surface area contributed by atoms with Crippen molar-refractivity contribution in [3.05, 3.63) is 57.6 Å². The fourth-order valence-electron chi connectivity index (χ4n) is 3.69. The Labute approximate surface area is 190 Å². The number of halogens is 1. The molecular weight excluding hydrogens is 462 g/mol. The lowest BCUT2D eigenvalue weighted by atomic mass is 9.82. The van der Waals surface area contributed by atoms with Crippen molar-refractivity contribution in [3.63, 3.8) is 0 Å². The van der Waals surface area contributed by atoms with Gasteiger partial charge in [-0.1, -0.05) is 26.5 Å². The van der Waals surface area contributed by atoms with Crippen LogP contribution in [0.2, 0.25) is 0 Å². The molecule has 0 spiro atoms. The molecule has 0 bridgehead atoms. The van der Waals surface area contributed by atoms with E-state index in [0.29, 0.717) is 16.0 Å². The van der Waals surface area contributed by atoms with Crippen LogP contribution in [0.15, 0.2) is 46.4 Å². The van der Waals surface area contributed by atoms with Gasteiger partial charge >= 0.3 is 0 Å². The molecule has 0 unspecified atom stereocenters. The van der Waals surface area contributed by atoms with Gasteiger partial charge in [0, 0.05) is 49.7 Å². The van der Waals surface area contributed by atoms with Crippen LogP contribution in [-0.2, 0) is 22.0 Å². The zero-order valence-corrected chi connectivity index (χ0v) is 19.7. The Kier molecular flexibility index (Phi) is 7.30. The van der Waals surface area contributed by atoms with E-state index in [2.05, 4.69) is 56.9 Å². The highest BCUT2D eigenvalue weighted by Crippen LogP contribution is 2.34. The summed E-state index contributed by atoms with van der Waals surface area (Å²) < 4.78 is 7.44. The molecule has 3 rings (SSSR count). The van der Waals surface area contributed by atoms with Gasteiger partial charge in [-0.2, -0.15) is 0 Å². The molecule has 0 radical (unpaired) electrons. The summed E-state index contributed by atoms with van der Waals surface area (Å²) in [5.74, 6) is -0.102. The third-order valence-electron chi connectivity index (χ3n) is 5.22. The second kappa shape index (κ2) is 9.76. The van der Waals surface area contributed by atoms with Gasteiger partial charge in [0.25, 0.3) is 5.56 Å². The lowest BCUT2D eigenvalue weighted by Crippen LogP contribution is -2.43. The minimum absolute atomic E-state index is 0.193. The number of hydrogen-bond donors (Lipinski definition) is 2. The molecule has 2 aromatic rings. The Bertz CT molecular complexity index is 1030. The number of hydrogen-bond acceptors (Lipinski definition) is 6. The molecule has 1 saturated heterocycles. The molecule has 1 aliphatic heterocycles.